The normalized spacial score (nSPS) is 11.8. The van der Waals surface area contributed by atoms with E-state index in [4.69, 9.17) is 10.5 Å². The van der Waals surface area contributed by atoms with E-state index in [1.807, 2.05) is 0 Å². The average Bonchev–Trinajstić information content (AvgIpc) is 2.21. The first-order valence-corrected chi connectivity index (χ1v) is 6.55. The Morgan fingerprint density at radius 1 is 1.29 bits per heavy atom. The van der Waals surface area contributed by atoms with Crippen LogP contribution in [0.3, 0.4) is 0 Å². The molecule has 0 aromatic carbocycles. The summed E-state index contributed by atoms with van der Waals surface area (Å²) in [6.45, 7) is 9.47. The highest BCUT2D eigenvalue weighted by atomic mass is 79.9. The van der Waals surface area contributed by atoms with Gasteiger partial charge in [-0.25, -0.2) is 9.97 Å². The van der Waals surface area contributed by atoms with Crippen LogP contribution in [-0.4, -0.2) is 16.6 Å². The van der Waals surface area contributed by atoms with E-state index >= 15 is 0 Å². The van der Waals surface area contributed by atoms with Crippen molar-refractivity contribution in [1.29, 1.82) is 0 Å². The fourth-order valence-electron chi connectivity index (χ4n) is 1.38. The van der Waals surface area contributed by atoms with E-state index in [9.17, 15) is 0 Å². The molecule has 0 saturated carbocycles. The maximum atomic E-state index is 5.87. The highest BCUT2D eigenvalue weighted by molar-refractivity contribution is 9.10. The van der Waals surface area contributed by atoms with Crippen molar-refractivity contribution < 1.29 is 4.74 Å². The van der Waals surface area contributed by atoms with Crippen molar-refractivity contribution in [2.45, 2.75) is 46.1 Å². The zero-order valence-corrected chi connectivity index (χ0v) is 12.5. The predicted octanol–water partition coefficient (Wildman–Crippen LogP) is 3.05. The Balaban J connectivity index is 2.98. The van der Waals surface area contributed by atoms with Gasteiger partial charge in [0.25, 0.3) is 0 Å². The van der Waals surface area contributed by atoms with Gasteiger partial charge in [0.15, 0.2) is 5.82 Å². The summed E-state index contributed by atoms with van der Waals surface area (Å²) in [5.74, 6) is 1.11. The van der Waals surface area contributed by atoms with Gasteiger partial charge in [0.2, 0.25) is 0 Å². The Bertz CT molecular complexity index is 388. The third-order valence-corrected chi connectivity index (χ3v) is 2.99. The number of ether oxygens (including phenoxy) is 1. The zero-order chi connectivity index (χ0) is 13.1. The van der Waals surface area contributed by atoms with Crippen LogP contribution in [0.1, 0.15) is 45.6 Å². The molecule has 2 N–H and O–H groups in total. The third kappa shape index (κ3) is 3.92. The minimum Gasteiger partial charge on any atom is -0.383 e. The molecule has 0 fully saturated rings. The van der Waals surface area contributed by atoms with Gasteiger partial charge in [0, 0.05) is 12.0 Å². The number of hydrogen-bond donors (Lipinski definition) is 1. The quantitative estimate of drug-likeness (QED) is 0.868. The lowest BCUT2D eigenvalue weighted by molar-refractivity contribution is 0.116. The number of anilines is 1. The second kappa shape index (κ2) is 5.78. The van der Waals surface area contributed by atoms with Gasteiger partial charge in [-0.1, -0.05) is 27.7 Å². The lowest BCUT2D eigenvalue weighted by Crippen LogP contribution is -2.18. The lowest BCUT2D eigenvalue weighted by atomic mass is 9.92. The molecule has 1 aromatic rings. The number of nitrogens with zero attached hydrogens (tertiary/aromatic N) is 2. The van der Waals surface area contributed by atoms with E-state index in [1.54, 1.807) is 0 Å². The van der Waals surface area contributed by atoms with E-state index in [-0.39, 0.29) is 5.41 Å². The third-order valence-electron chi connectivity index (χ3n) is 2.21. The van der Waals surface area contributed by atoms with Crippen molar-refractivity contribution in [3.05, 3.63) is 16.0 Å². The number of rotatable bonds is 4. The Morgan fingerprint density at radius 2 is 1.94 bits per heavy atom. The molecule has 17 heavy (non-hydrogen) atoms. The maximum Gasteiger partial charge on any atom is 0.156 e. The second-order valence-corrected chi connectivity index (χ2v) is 5.78. The second-order valence-electron chi connectivity index (χ2n) is 4.99. The van der Waals surface area contributed by atoms with Crippen LogP contribution in [0.4, 0.5) is 5.82 Å². The molecule has 0 spiro atoms. The summed E-state index contributed by atoms with van der Waals surface area (Å²) in [6.07, 6.45) is 0.984. The van der Waals surface area contributed by atoms with Crippen LogP contribution in [0.25, 0.3) is 0 Å². The fraction of sp³-hybridized carbons (Fsp3) is 0.667. The molecule has 0 amide bonds. The van der Waals surface area contributed by atoms with Crippen LogP contribution in [0, 0.1) is 0 Å². The molecule has 0 radical (unpaired) electrons. The van der Waals surface area contributed by atoms with Gasteiger partial charge in [-0.2, -0.15) is 0 Å². The van der Waals surface area contributed by atoms with Gasteiger partial charge in [-0.05, 0) is 22.4 Å². The van der Waals surface area contributed by atoms with E-state index in [0.29, 0.717) is 24.9 Å². The molecule has 96 valence electrons. The molecule has 0 unspecified atom stereocenters. The summed E-state index contributed by atoms with van der Waals surface area (Å²) in [5, 5.41) is 0. The maximum absolute atomic E-state index is 5.87. The molecule has 0 aliphatic carbocycles. The van der Waals surface area contributed by atoms with Crippen LogP contribution in [0.15, 0.2) is 4.47 Å². The van der Waals surface area contributed by atoms with Gasteiger partial charge in [-0.3, -0.25) is 0 Å². The van der Waals surface area contributed by atoms with Crippen molar-refractivity contribution >= 4 is 21.7 Å². The van der Waals surface area contributed by atoms with Crippen LogP contribution in [-0.2, 0) is 16.8 Å². The standard InChI is InChI=1S/C12H20BrN3O/c1-5-6-17-7-8-15-10(12(2,3)4)9(13)11(14)16-8/h5-7H2,1-4H3,(H2,14,15,16). The average molecular weight is 302 g/mol. The monoisotopic (exact) mass is 301 g/mol. The van der Waals surface area contributed by atoms with Crippen LogP contribution in [0.5, 0.6) is 0 Å². The van der Waals surface area contributed by atoms with E-state index in [1.165, 1.54) is 0 Å². The minimum atomic E-state index is -0.0740. The Morgan fingerprint density at radius 3 is 2.47 bits per heavy atom. The zero-order valence-electron chi connectivity index (χ0n) is 10.9. The lowest BCUT2D eigenvalue weighted by Gasteiger charge is -2.20. The summed E-state index contributed by atoms with van der Waals surface area (Å²) in [6, 6.07) is 0. The molecule has 0 atom stereocenters. The number of hydrogen-bond acceptors (Lipinski definition) is 4. The molecular weight excluding hydrogens is 282 g/mol. The molecule has 0 bridgehead atoms. The van der Waals surface area contributed by atoms with Crippen molar-refractivity contribution in [3.8, 4) is 0 Å². The molecule has 1 aromatic heterocycles. The van der Waals surface area contributed by atoms with Crippen LogP contribution < -0.4 is 5.73 Å². The van der Waals surface area contributed by atoms with Gasteiger partial charge in [-0.15, -0.1) is 0 Å². The van der Waals surface area contributed by atoms with Crippen molar-refractivity contribution in [1.82, 2.24) is 9.97 Å². The van der Waals surface area contributed by atoms with Gasteiger partial charge < -0.3 is 10.5 Å². The SMILES string of the molecule is CCCOCc1nc(N)c(Br)c(C(C)(C)C)n1. The smallest absolute Gasteiger partial charge is 0.156 e. The van der Waals surface area contributed by atoms with E-state index in [0.717, 1.165) is 16.6 Å². The number of halogens is 1. The molecule has 0 saturated heterocycles. The number of aromatic nitrogens is 2. The van der Waals surface area contributed by atoms with Crippen LogP contribution >= 0.6 is 15.9 Å². The highest BCUT2D eigenvalue weighted by Gasteiger charge is 2.22. The Kier molecular flexibility index (Phi) is 4.89. The van der Waals surface area contributed by atoms with Gasteiger partial charge >= 0.3 is 0 Å². The van der Waals surface area contributed by atoms with Crippen molar-refractivity contribution in [2.75, 3.05) is 12.3 Å². The number of nitrogen functional groups attached to an aromatic ring is 1. The molecule has 0 aliphatic rings. The van der Waals surface area contributed by atoms with Crippen molar-refractivity contribution in [2.24, 2.45) is 0 Å². The molecule has 4 nitrogen and oxygen atoms in total. The molecule has 1 rings (SSSR count). The Hall–Kier alpha value is -0.680. The molecule has 5 heteroatoms. The Labute approximate surface area is 111 Å². The minimum absolute atomic E-state index is 0.0740. The number of nitrogens with two attached hydrogens (primary N) is 1. The van der Waals surface area contributed by atoms with E-state index in [2.05, 4.69) is 53.6 Å². The summed E-state index contributed by atoms with van der Waals surface area (Å²) in [5.41, 5.74) is 6.71. The summed E-state index contributed by atoms with van der Waals surface area (Å²) >= 11 is 3.44. The van der Waals surface area contributed by atoms with Gasteiger partial charge in [0.05, 0.1) is 10.2 Å². The summed E-state index contributed by atoms with van der Waals surface area (Å²) in [7, 11) is 0. The molecular formula is C12H20BrN3O. The first-order chi connectivity index (χ1) is 7.86. The van der Waals surface area contributed by atoms with Crippen LogP contribution in [0.2, 0.25) is 0 Å². The first-order valence-electron chi connectivity index (χ1n) is 5.76. The van der Waals surface area contributed by atoms with Crippen molar-refractivity contribution in [3.63, 3.8) is 0 Å². The highest BCUT2D eigenvalue weighted by Crippen LogP contribution is 2.31. The topological polar surface area (TPSA) is 61.0 Å². The predicted molar refractivity (Wildman–Crippen MR) is 72.8 cm³/mol. The van der Waals surface area contributed by atoms with Gasteiger partial charge in [0.1, 0.15) is 12.4 Å². The summed E-state index contributed by atoms with van der Waals surface area (Å²) in [4.78, 5) is 8.73. The van der Waals surface area contributed by atoms with E-state index < -0.39 is 0 Å². The fourth-order valence-corrected chi connectivity index (χ4v) is 2.15. The first kappa shape index (κ1) is 14.4. The molecule has 0 aliphatic heterocycles. The largest absolute Gasteiger partial charge is 0.383 e. The molecule has 1 heterocycles. The summed E-state index contributed by atoms with van der Waals surface area (Å²) < 4.78 is 6.22.